The number of carbonyl (C=O) groups excluding carboxylic acids is 2. The molecule has 37 heavy (non-hydrogen) atoms. The molecular formula is C30H32O7. The van der Waals surface area contributed by atoms with Crippen molar-refractivity contribution in [2.75, 3.05) is 26.4 Å². The van der Waals surface area contributed by atoms with Gasteiger partial charge in [-0.1, -0.05) is 68.8 Å². The van der Waals surface area contributed by atoms with Crippen molar-refractivity contribution in [1.82, 2.24) is 0 Å². The number of rotatable bonds is 17. The maximum atomic E-state index is 12.6. The Morgan fingerprint density at radius 3 is 2.03 bits per heavy atom. The van der Waals surface area contributed by atoms with Crippen molar-refractivity contribution >= 4 is 18.0 Å². The zero-order chi connectivity index (χ0) is 26.9. The van der Waals surface area contributed by atoms with Gasteiger partial charge in [-0.3, -0.25) is 0 Å². The first kappa shape index (κ1) is 28.7. The minimum Gasteiger partial charge on any atom is -0.490 e. The largest absolute Gasteiger partial charge is 0.490 e. The van der Waals surface area contributed by atoms with Crippen LogP contribution in [0.5, 0.6) is 17.2 Å². The minimum absolute atomic E-state index is 0.00891. The molecule has 194 valence electrons. The average molecular weight is 505 g/mol. The molecule has 0 aromatic heterocycles. The summed E-state index contributed by atoms with van der Waals surface area (Å²) in [5, 5.41) is 0. The lowest BCUT2D eigenvalue weighted by molar-refractivity contribution is -0.164. The summed E-state index contributed by atoms with van der Waals surface area (Å²) in [5.41, 5.74) is 1.44. The first-order chi connectivity index (χ1) is 18.0. The topological polar surface area (TPSA) is 80.3 Å². The Morgan fingerprint density at radius 2 is 1.38 bits per heavy atom. The van der Waals surface area contributed by atoms with Gasteiger partial charge in [0.1, 0.15) is 32.2 Å². The number of ether oxygens (including phenoxy) is 5. The smallest absolute Gasteiger partial charge is 0.348 e. The molecular weight excluding hydrogens is 472 g/mol. The van der Waals surface area contributed by atoms with Gasteiger partial charge in [0.25, 0.3) is 0 Å². The predicted molar refractivity (Wildman–Crippen MR) is 144 cm³/mol. The molecule has 0 bridgehead atoms. The SMILES string of the molecule is C=CCOC(=O)C(Cc1ccc(OCC=C)c(OCC=C)c1)OC(=O)/C=C/c1ccc(OCC=C)cc1. The summed E-state index contributed by atoms with van der Waals surface area (Å²) < 4.78 is 27.4. The van der Waals surface area contributed by atoms with Crippen LogP contribution in [0, 0.1) is 0 Å². The molecule has 7 nitrogen and oxygen atoms in total. The molecule has 1 unspecified atom stereocenters. The van der Waals surface area contributed by atoms with Gasteiger partial charge in [0, 0.05) is 12.5 Å². The summed E-state index contributed by atoms with van der Waals surface area (Å²) in [5.74, 6) is 0.274. The third kappa shape index (κ3) is 10.3. The second-order valence-electron chi connectivity index (χ2n) is 7.53. The molecule has 0 N–H and O–H groups in total. The first-order valence-corrected chi connectivity index (χ1v) is 11.6. The molecule has 0 spiro atoms. The van der Waals surface area contributed by atoms with Crippen molar-refractivity contribution < 1.29 is 33.3 Å². The summed E-state index contributed by atoms with van der Waals surface area (Å²) in [6, 6.07) is 12.3. The molecule has 2 aromatic carbocycles. The zero-order valence-corrected chi connectivity index (χ0v) is 20.8. The van der Waals surface area contributed by atoms with E-state index in [1.807, 2.05) is 0 Å². The quantitative estimate of drug-likeness (QED) is 0.165. The van der Waals surface area contributed by atoms with Crippen molar-refractivity contribution in [2.45, 2.75) is 12.5 Å². The molecule has 0 fully saturated rings. The Kier molecular flexibility index (Phi) is 12.6. The van der Waals surface area contributed by atoms with E-state index in [1.165, 1.54) is 12.2 Å². The van der Waals surface area contributed by atoms with Gasteiger partial charge in [0.05, 0.1) is 0 Å². The molecule has 0 aliphatic carbocycles. The lowest BCUT2D eigenvalue weighted by Gasteiger charge is -2.17. The van der Waals surface area contributed by atoms with Crippen molar-refractivity contribution in [3.63, 3.8) is 0 Å². The van der Waals surface area contributed by atoms with Gasteiger partial charge in [-0.25, -0.2) is 9.59 Å². The molecule has 2 aromatic rings. The maximum Gasteiger partial charge on any atom is 0.348 e. The third-order valence-electron chi connectivity index (χ3n) is 4.67. The van der Waals surface area contributed by atoms with Crippen LogP contribution in [0.3, 0.4) is 0 Å². The van der Waals surface area contributed by atoms with E-state index in [0.29, 0.717) is 36.0 Å². The van der Waals surface area contributed by atoms with Gasteiger partial charge >= 0.3 is 11.9 Å². The minimum atomic E-state index is -1.18. The lowest BCUT2D eigenvalue weighted by atomic mass is 10.1. The normalized spacial score (nSPS) is 11.1. The Bertz CT molecular complexity index is 1100. The third-order valence-corrected chi connectivity index (χ3v) is 4.67. The molecule has 1 atom stereocenters. The van der Waals surface area contributed by atoms with Crippen molar-refractivity contribution in [3.8, 4) is 17.2 Å². The van der Waals surface area contributed by atoms with E-state index in [1.54, 1.807) is 66.8 Å². The van der Waals surface area contributed by atoms with Crippen LogP contribution in [0.2, 0.25) is 0 Å². The molecule has 0 aliphatic rings. The van der Waals surface area contributed by atoms with Crippen LogP contribution in [-0.4, -0.2) is 44.5 Å². The fourth-order valence-corrected chi connectivity index (χ4v) is 3.00. The summed E-state index contributed by atoms with van der Waals surface area (Å²) in [6.07, 6.45) is 8.03. The average Bonchev–Trinajstić information content (AvgIpc) is 2.92. The van der Waals surface area contributed by atoms with Gasteiger partial charge in [-0.15, -0.1) is 0 Å². The van der Waals surface area contributed by atoms with E-state index < -0.39 is 18.0 Å². The molecule has 0 heterocycles. The van der Waals surface area contributed by atoms with Crippen molar-refractivity contribution in [1.29, 1.82) is 0 Å². The van der Waals surface area contributed by atoms with Crippen molar-refractivity contribution in [3.05, 3.63) is 110 Å². The molecule has 0 amide bonds. The van der Waals surface area contributed by atoms with Crippen LogP contribution in [0.1, 0.15) is 11.1 Å². The van der Waals surface area contributed by atoms with Gasteiger partial charge in [0.15, 0.2) is 11.5 Å². The van der Waals surface area contributed by atoms with E-state index in [9.17, 15) is 9.59 Å². The monoisotopic (exact) mass is 504 g/mol. The molecule has 7 heteroatoms. The fraction of sp³-hybridized carbons (Fsp3) is 0.200. The van der Waals surface area contributed by atoms with Crippen LogP contribution < -0.4 is 14.2 Å². The van der Waals surface area contributed by atoms with Gasteiger partial charge in [-0.05, 0) is 41.5 Å². The van der Waals surface area contributed by atoms with E-state index >= 15 is 0 Å². The molecule has 2 rings (SSSR count). The summed E-state index contributed by atoms with van der Waals surface area (Å²) in [7, 11) is 0. The molecule has 0 radical (unpaired) electrons. The van der Waals surface area contributed by atoms with Crippen molar-refractivity contribution in [2.24, 2.45) is 0 Å². The number of hydrogen-bond acceptors (Lipinski definition) is 7. The standard InChI is InChI=1S/C30H32O7/c1-5-17-33-25-13-9-23(10-14-25)12-16-29(31)37-28(30(32)36-20-8-4)22-24-11-15-26(34-18-6-2)27(21-24)35-19-7-3/h5-16,21,28H,1-4,17-20,22H2/b16-12+. The van der Waals surface area contributed by atoms with Crippen LogP contribution in [0.25, 0.3) is 6.08 Å². The Balaban J connectivity index is 2.15. The van der Waals surface area contributed by atoms with E-state index in [4.69, 9.17) is 23.7 Å². The second-order valence-corrected chi connectivity index (χ2v) is 7.53. The molecule has 0 saturated heterocycles. The Hall–Kier alpha value is -4.52. The summed E-state index contributed by atoms with van der Waals surface area (Å²) >= 11 is 0. The van der Waals surface area contributed by atoms with Gasteiger partial charge in [-0.2, -0.15) is 0 Å². The second kappa shape index (κ2) is 16.2. The fourth-order valence-electron chi connectivity index (χ4n) is 3.00. The molecule has 0 aliphatic heterocycles. The number of carbonyl (C=O) groups is 2. The predicted octanol–water partition coefficient (Wildman–Crippen LogP) is 5.28. The summed E-state index contributed by atoms with van der Waals surface area (Å²) in [4.78, 5) is 25.2. The van der Waals surface area contributed by atoms with Crippen LogP contribution >= 0.6 is 0 Å². The summed E-state index contributed by atoms with van der Waals surface area (Å²) in [6.45, 7) is 15.4. The number of esters is 2. The van der Waals surface area contributed by atoms with Crippen LogP contribution in [0.4, 0.5) is 0 Å². The highest BCUT2D eigenvalue weighted by Gasteiger charge is 2.25. The lowest BCUT2D eigenvalue weighted by Crippen LogP contribution is -2.31. The number of benzene rings is 2. The van der Waals surface area contributed by atoms with Crippen LogP contribution in [-0.2, 0) is 25.5 Å². The maximum absolute atomic E-state index is 12.6. The highest BCUT2D eigenvalue weighted by Crippen LogP contribution is 2.29. The Morgan fingerprint density at radius 1 is 0.757 bits per heavy atom. The Labute approximate surface area is 218 Å². The first-order valence-electron chi connectivity index (χ1n) is 11.6. The van der Waals surface area contributed by atoms with Gasteiger partial charge < -0.3 is 23.7 Å². The highest BCUT2D eigenvalue weighted by atomic mass is 16.6. The highest BCUT2D eigenvalue weighted by molar-refractivity contribution is 5.89. The van der Waals surface area contributed by atoms with E-state index in [0.717, 1.165) is 5.56 Å². The number of hydrogen-bond donors (Lipinski definition) is 0. The van der Waals surface area contributed by atoms with E-state index in [2.05, 4.69) is 26.3 Å². The molecule has 0 saturated carbocycles. The zero-order valence-electron chi connectivity index (χ0n) is 20.8. The van der Waals surface area contributed by atoms with E-state index in [-0.39, 0.29) is 19.6 Å². The van der Waals surface area contributed by atoms with Crippen LogP contribution in [0.15, 0.2) is 99.2 Å². The van der Waals surface area contributed by atoms with Gasteiger partial charge in [0.2, 0.25) is 6.10 Å².